The number of hydrogen-bond donors (Lipinski definition) is 0. The van der Waals surface area contributed by atoms with Gasteiger partial charge in [0.25, 0.3) is 0 Å². The highest BCUT2D eigenvalue weighted by Crippen LogP contribution is 2.37. The number of thioether (sulfide) groups is 1. The average Bonchev–Trinajstić information content (AvgIpc) is 3.35. The molecule has 0 aliphatic heterocycles. The molecule has 2 heterocycles. The highest BCUT2D eigenvalue weighted by molar-refractivity contribution is 7.99. The number of hydrogen-bond acceptors (Lipinski definition) is 4. The van der Waals surface area contributed by atoms with Gasteiger partial charge in [0.05, 0.1) is 16.3 Å². The van der Waals surface area contributed by atoms with Crippen LogP contribution in [0.4, 0.5) is 0 Å². The first kappa shape index (κ1) is 21.7. The number of halogens is 1. The molecule has 0 N–H and O–H groups in total. The fraction of sp³-hybridized carbons (Fsp3) is 0.192. The fourth-order valence-corrected chi connectivity index (χ4v) is 5.18. The molecule has 0 saturated carbocycles. The Balaban J connectivity index is 1.54. The van der Waals surface area contributed by atoms with Crippen molar-refractivity contribution in [3.63, 3.8) is 0 Å². The van der Waals surface area contributed by atoms with Gasteiger partial charge in [-0.3, -0.25) is 4.57 Å². The largest absolute Gasteiger partial charge is 0.323 e. The zero-order chi connectivity index (χ0) is 22.9. The molecule has 0 spiro atoms. The summed E-state index contributed by atoms with van der Waals surface area (Å²) < 4.78 is 4.37. The van der Waals surface area contributed by atoms with Crippen molar-refractivity contribution in [2.45, 2.75) is 37.7 Å². The van der Waals surface area contributed by atoms with Crippen LogP contribution < -0.4 is 0 Å². The Hall–Kier alpha value is -3.09. The number of nitrogens with zero attached hydrogens (tertiary/aromatic N) is 5. The Labute approximate surface area is 202 Å². The fourth-order valence-electron chi connectivity index (χ4n) is 3.99. The summed E-state index contributed by atoms with van der Waals surface area (Å²) in [5, 5.41) is 10.4. The summed E-state index contributed by atoms with van der Waals surface area (Å²) >= 11 is 7.94. The summed E-state index contributed by atoms with van der Waals surface area (Å²) in [6.07, 6.45) is 0. The van der Waals surface area contributed by atoms with Crippen LogP contribution in [-0.4, -0.2) is 24.3 Å². The zero-order valence-corrected chi connectivity index (χ0v) is 20.3. The van der Waals surface area contributed by atoms with Gasteiger partial charge in [0.1, 0.15) is 11.6 Å². The number of imidazole rings is 1. The zero-order valence-electron chi connectivity index (χ0n) is 18.7. The van der Waals surface area contributed by atoms with Gasteiger partial charge in [-0.05, 0) is 56.7 Å². The average molecular weight is 474 g/mol. The SMILES string of the molecule is Cc1ccc(-n2c(C)nnc2S[C@H](C)c2nc3cc(Cl)ccc3n2Cc2ccccc2)cc1. The lowest BCUT2D eigenvalue weighted by Gasteiger charge is -2.15. The standard InChI is InChI=1S/C26H24ClN5S/c1-17-9-12-22(13-10-17)32-19(3)29-30-26(32)33-18(2)25-28-23-15-21(27)11-14-24(23)31(25)16-20-7-5-4-6-8-20/h4-15,18H,16H2,1-3H3/t18-/m1/s1. The predicted molar refractivity (Wildman–Crippen MR) is 135 cm³/mol. The van der Waals surface area contributed by atoms with Crippen molar-refractivity contribution < 1.29 is 0 Å². The van der Waals surface area contributed by atoms with E-state index in [1.54, 1.807) is 11.8 Å². The van der Waals surface area contributed by atoms with Gasteiger partial charge in [-0.2, -0.15) is 0 Å². The van der Waals surface area contributed by atoms with Crippen LogP contribution in [-0.2, 0) is 6.54 Å². The van der Waals surface area contributed by atoms with Gasteiger partial charge in [0.15, 0.2) is 5.16 Å². The third-order valence-electron chi connectivity index (χ3n) is 5.66. The molecular weight excluding hydrogens is 450 g/mol. The van der Waals surface area contributed by atoms with Gasteiger partial charge in [-0.25, -0.2) is 4.98 Å². The highest BCUT2D eigenvalue weighted by atomic mass is 35.5. The van der Waals surface area contributed by atoms with Crippen LogP contribution in [0.1, 0.15) is 34.9 Å². The summed E-state index contributed by atoms with van der Waals surface area (Å²) in [5.74, 6) is 1.84. The van der Waals surface area contributed by atoms with E-state index in [0.717, 1.165) is 40.1 Å². The monoisotopic (exact) mass is 473 g/mol. The second-order valence-corrected chi connectivity index (χ2v) is 9.88. The molecule has 5 aromatic rings. The number of aromatic nitrogens is 5. The number of rotatable bonds is 6. The molecule has 5 nitrogen and oxygen atoms in total. The van der Waals surface area contributed by atoms with Crippen molar-refractivity contribution in [1.82, 2.24) is 24.3 Å². The van der Waals surface area contributed by atoms with Crippen molar-refractivity contribution in [3.8, 4) is 5.69 Å². The van der Waals surface area contributed by atoms with E-state index in [1.807, 2.05) is 31.2 Å². The van der Waals surface area contributed by atoms with Crippen LogP contribution >= 0.6 is 23.4 Å². The Bertz CT molecular complexity index is 1410. The Kier molecular flexibility index (Phi) is 5.96. The van der Waals surface area contributed by atoms with E-state index in [2.05, 4.69) is 81.7 Å². The molecular formula is C26H24ClN5S. The van der Waals surface area contributed by atoms with Gasteiger partial charge in [-0.15, -0.1) is 10.2 Å². The molecule has 33 heavy (non-hydrogen) atoms. The lowest BCUT2D eigenvalue weighted by molar-refractivity contribution is 0.742. The van der Waals surface area contributed by atoms with Crippen molar-refractivity contribution in [2.24, 2.45) is 0 Å². The maximum absolute atomic E-state index is 6.28. The summed E-state index contributed by atoms with van der Waals surface area (Å²) in [6, 6.07) is 24.8. The van der Waals surface area contributed by atoms with Crippen molar-refractivity contribution >= 4 is 34.4 Å². The van der Waals surface area contributed by atoms with E-state index in [0.29, 0.717) is 5.02 Å². The van der Waals surface area contributed by atoms with Crippen LogP contribution in [0, 0.1) is 13.8 Å². The molecule has 0 aliphatic carbocycles. The minimum absolute atomic E-state index is 0.0488. The minimum Gasteiger partial charge on any atom is -0.323 e. The van der Waals surface area contributed by atoms with Crippen LogP contribution in [0.5, 0.6) is 0 Å². The van der Waals surface area contributed by atoms with E-state index >= 15 is 0 Å². The van der Waals surface area contributed by atoms with Crippen LogP contribution in [0.2, 0.25) is 5.02 Å². The van der Waals surface area contributed by atoms with Gasteiger partial charge < -0.3 is 4.57 Å². The Morgan fingerprint density at radius 2 is 1.70 bits per heavy atom. The molecule has 2 aromatic heterocycles. The normalized spacial score (nSPS) is 12.4. The van der Waals surface area contributed by atoms with E-state index in [1.165, 1.54) is 11.1 Å². The number of fused-ring (bicyclic) bond motifs is 1. The second kappa shape index (κ2) is 9.04. The van der Waals surface area contributed by atoms with Crippen LogP contribution in [0.3, 0.4) is 0 Å². The van der Waals surface area contributed by atoms with Crippen LogP contribution in [0.15, 0.2) is 78.0 Å². The molecule has 166 valence electrons. The molecule has 5 rings (SSSR count). The molecule has 0 bridgehead atoms. The van der Waals surface area contributed by atoms with Crippen molar-refractivity contribution in [3.05, 3.63) is 101 Å². The summed E-state index contributed by atoms with van der Waals surface area (Å²) in [6.45, 7) is 6.97. The Morgan fingerprint density at radius 1 is 0.939 bits per heavy atom. The van der Waals surface area contributed by atoms with E-state index in [-0.39, 0.29) is 5.25 Å². The summed E-state index contributed by atoms with van der Waals surface area (Å²) in [4.78, 5) is 4.99. The summed E-state index contributed by atoms with van der Waals surface area (Å²) in [5.41, 5.74) is 5.48. The van der Waals surface area contributed by atoms with E-state index in [4.69, 9.17) is 16.6 Å². The van der Waals surface area contributed by atoms with Gasteiger partial charge in [-0.1, -0.05) is 71.4 Å². The van der Waals surface area contributed by atoms with Crippen molar-refractivity contribution in [2.75, 3.05) is 0 Å². The molecule has 0 aliphatic rings. The highest BCUT2D eigenvalue weighted by Gasteiger charge is 2.22. The molecule has 0 amide bonds. The van der Waals surface area contributed by atoms with Gasteiger partial charge >= 0.3 is 0 Å². The molecule has 0 unspecified atom stereocenters. The molecule has 3 aromatic carbocycles. The lowest BCUT2D eigenvalue weighted by Crippen LogP contribution is -2.08. The van der Waals surface area contributed by atoms with Crippen LogP contribution in [0.25, 0.3) is 16.7 Å². The first-order valence-electron chi connectivity index (χ1n) is 10.8. The molecule has 7 heteroatoms. The van der Waals surface area contributed by atoms with Gasteiger partial charge in [0, 0.05) is 17.3 Å². The topological polar surface area (TPSA) is 48.5 Å². The lowest BCUT2D eigenvalue weighted by atomic mass is 10.2. The number of benzene rings is 3. The van der Waals surface area contributed by atoms with E-state index in [9.17, 15) is 0 Å². The molecule has 0 saturated heterocycles. The third-order valence-corrected chi connectivity index (χ3v) is 6.93. The Morgan fingerprint density at radius 3 is 2.45 bits per heavy atom. The summed E-state index contributed by atoms with van der Waals surface area (Å²) in [7, 11) is 0. The number of aryl methyl sites for hydroxylation is 2. The minimum atomic E-state index is 0.0488. The first-order chi connectivity index (χ1) is 16.0. The van der Waals surface area contributed by atoms with Crippen molar-refractivity contribution in [1.29, 1.82) is 0 Å². The predicted octanol–water partition coefficient (Wildman–Crippen LogP) is 6.79. The first-order valence-corrected chi connectivity index (χ1v) is 12.1. The van der Waals surface area contributed by atoms with E-state index < -0.39 is 0 Å². The van der Waals surface area contributed by atoms with Gasteiger partial charge in [0.2, 0.25) is 0 Å². The molecule has 1 atom stereocenters. The maximum Gasteiger partial charge on any atom is 0.196 e. The quantitative estimate of drug-likeness (QED) is 0.255. The molecule has 0 radical (unpaired) electrons. The molecule has 0 fully saturated rings. The maximum atomic E-state index is 6.28. The third kappa shape index (κ3) is 4.41. The smallest absolute Gasteiger partial charge is 0.196 e. The second-order valence-electron chi connectivity index (χ2n) is 8.14.